The van der Waals surface area contributed by atoms with Crippen molar-refractivity contribution < 1.29 is 9.90 Å². The molecule has 0 heterocycles. The summed E-state index contributed by atoms with van der Waals surface area (Å²) in [6, 6.07) is 6.58. The fraction of sp³-hybridized carbons (Fsp3) is 0.222. The lowest BCUT2D eigenvalue weighted by molar-refractivity contribution is 0.475. The predicted octanol–water partition coefficient (Wildman–Crippen LogP) is 2.42. The maximum Gasteiger partial charge on any atom is 0.219 e. The van der Waals surface area contributed by atoms with Gasteiger partial charge in [0.2, 0.25) is 6.29 Å². The van der Waals surface area contributed by atoms with Gasteiger partial charge in [0, 0.05) is 45.7 Å². The lowest BCUT2D eigenvalue weighted by Crippen LogP contribution is -2.22. The Morgan fingerprint density at radius 1 is 1.36 bits per heavy atom. The SMILES string of the molecule is O=[C][C@H](Cc1ccc(O)cc1)N(I)I. The smallest absolute Gasteiger partial charge is 0.219 e. The lowest BCUT2D eigenvalue weighted by atomic mass is 10.1. The normalized spacial score (nSPS) is 12.8. The number of aromatic hydroxyl groups is 1. The first kappa shape index (κ1) is 12.2. The Bertz CT molecular complexity index is 300. The summed E-state index contributed by atoms with van der Waals surface area (Å²) < 4.78 is 1.76. The van der Waals surface area contributed by atoms with E-state index in [2.05, 4.69) is 0 Å². The van der Waals surface area contributed by atoms with Crippen LogP contribution in [0.15, 0.2) is 24.3 Å². The van der Waals surface area contributed by atoms with Crippen LogP contribution in [-0.2, 0) is 11.2 Å². The van der Waals surface area contributed by atoms with Crippen molar-refractivity contribution in [2.45, 2.75) is 12.5 Å². The molecule has 1 radical (unpaired) electrons. The Hall–Kier alpha value is 0.110. The molecule has 1 aromatic rings. The Balaban J connectivity index is 2.67. The van der Waals surface area contributed by atoms with E-state index in [4.69, 9.17) is 5.11 Å². The molecule has 0 aliphatic carbocycles. The van der Waals surface area contributed by atoms with E-state index in [1.54, 1.807) is 25.6 Å². The summed E-state index contributed by atoms with van der Waals surface area (Å²) in [6.07, 6.45) is 2.57. The Morgan fingerprint density at radius 3 is 2.36 bits per heavy atom. The number of phenols is 1. The van der Waals surface area contributed by atoms with Gasteiger partial charge in [-0.15, -0.1) is 0 Å². The number of carbonyl (C=O) groups excluding carboxylic acids is 1. The Labute approximate surface area is 110 Å². The fourth-order valence-electron chi connectivity index (χ4n) is 1.01. The molecule has 0 aromatic heterocycles. The molecule has 0 aliphatic heterocycles. The topological polar surface area (TPSA) is 40.5 Å². The van der Waals surface area contributed by atoms with Crippen LogP contribution in [0.4, 0.5) is 0 Å². The standard InChI is InChI=1S/C9H8I2NO2/c10-12(11)8(6-13)5-7-1-3-9(14)4-2-7/h1-4,8,14H,5H2/t8-/m0/s1. The average Bonchev–Trinajstić information content (AvgIpc) is 2.16. The summed E-state index contributed by atoms with van der Waals surface area (Å²) in [5.41, 5.74) is 1.01. The molecule has 14 heavy (non-hydrogen) atoms. The van der Waals surface area contributed by atoms with Crippen molar-refractivity contribution in [3.8, 4) is 5.75 Å². The quantitative estimate of drug-likeness (QED) is 0.606. The third-order valence-electron chi connectivity index (χ3n) is 1.74. The first-order valence-corrected chi connectivity index (χ1v) is 5.83. The van der Waals surface area contributed by atoms with Gasteiger partial charge in [0.25, 0.3) is 0 Å². The molecule has 1 aromatic carbocycles. The van der Waals surface area contributed by atoms with Gasteiger partial charge in [-0.25, -0.2) is 0 Å². The second-order valence-corrected chi connectivity index (χ2v) is 6.69. The van der Waals surface area contributed by atoms with E-state index in [0.29, 0.717) is 6.42 Å². The van der Waals surface area contributed by atoms with Crippen LogP contribution in [0, 0.1) is 0 Å². The van der Waals surface area contributed by atoms with E-state index < -0.39 is 0 Å². The van der Waals surface area contributed by atoms with Crippen molar-refractivity contribution in [3.05, 3.63) is 29.8 Å². The van der Waals surface area contributed by atoms with Crippen molar-refractivity contribution >= 4 is 52.0 Å². The zero-order chi connectivity index (χ0) is 10.6. The highest BCUT2D eigenvalue weighted by molar-refractivity contribution is 14.2. The number of halogens is 2. The van der Waals surface area contributed by atoms with Crippen molar-refractivity contribution in [2.24, 2.45) is 0 Å². The van der Waals surface area contributed by atoms with Crippen LogP contribution in [0.5, 0.6) is 5.75 Å². The van der Waals surface area contributed by atoms with Crippen LogP contribution in [0.2, 0.25) is 0 Å². The molecule has 75 valence electrons. The molecule has 0 aliphatic rings. The number of hydrogen-bond acceptors (Lipinski definition) is 3. The second-order valence-electron chi connectivity index (χ2n) is 2.76. The molecule has 0 fully saturated rings. The number of benzene rings is 1. The largest absolute Gasteiger partial charge is 0.508 e. The minimum absolute atomic E-state index is 0.237. The average molecular weight is 416 g/mol. The molecule has 5 heteroatoms. The van der Waals surface area contributed by atoms with Crippen LogP contribution >= 0.6 is 45.7 Å². The van der Waals surface area contributed by atoms with Crippen molar-refractivity contribution in [1.82, 2.24) is 1.33 Å². The predicted molar refractivity (Wildman–Crippen MR) is 71.2 cm³/mol. The molecule has 1 atom stereocenters. The van der Waals surface area contributed by atoms with Crippen LogP contribution in [0.3, 0.4) is 0 Å². The van der Waals surface area contributed by atoms with Crippen LogP contribution < -0.4 is 0 Å². The highest BCUT2D eigenvalue weighted by Crippen LogP contribution is 2.17. The second kappa shape index (κ2) is 5.86. The molecule has 0 spiro atoms. The van der Waals surface area contributed by atoms with E-state index in [1.807, 2.05) is 52.0 Å². The van der Waals surface area contributed by atoms with E-state index in [1.165, 1.54) is 0 Å². The minimum atomic E-state index is -0.249. The van der Waals surface area contributed by atoms with Gasteiger partial charge >= 0.3 is 0 Å². The van der Waals surface area contributed by atoms with Crippen molar-refractivity contribution in [3.63, 3.8) is 0 Å². The highest BCUT2D eigenvalue weighted by atomic mass is 127. The van der Waals surface area contributed by atoms with Gasteiger partial charge in [-0.1, -0.05) is 12.1 Å². The number of nitrogens with zero attached hydrogens (tertiary/aromatic N) is 1. The molecule has 0 amide bonds. The maximum atomic E-state index is 10.6. The Morgan fingerprint density at radius 2 is 1.93 bits per heavy atom. The molecule has 0 unspecified atom stereocenters. The maximum absolute atomic E-state index is 10.6. The molecule has 0 saturated heterocycles. The van der Waals surface area contributed by atoms with Crippen LogP contribution in [0.1, 0.15) is 5.56 Å². The third kappa shape index (κ3) is 3.70. The number of phenolic OH excluding ortho intramolecular Hbond substituents is 1. The Kier molecular flexibility index (Phi) is 5.10. The summed E-state index contributed by atoms with van der Waals surface area (Å²) >= 11 is 4.09. The molecule has 3 nitrogen and oxygen atoms in total. The zero-order valence-corrected chi connectivity index (χ0v) is 11.5. The molecule has 0 bridgehead atoms. The van der Waals surface area contributed by atoms with Gasteiger partial charge in [-0.05, 0) is 24.1 Å². The van der Waals surface area contributed by atoms with Gasteiger partial charge in [0.05, 0.1) is 0 Å². The van der Waals surface area contributed by atoms with E-state index in [-0.39, 0.29) is 11.8 Å². The summed E-state index contributed by atoms with van der Waals surface area (Å²) in [5, 5.41) is 9.07. The summed E-state index contributed by atoms with van der Waals surface area (Å²) in [5.74, 6) is 0.237. The third-order valence-corrected chi connectivity index (χ3v) is 3.08. The summed E-state index contributed by atoms with van der Waals surface area (Å²) in [4.78, 5) is 10.6. The van der Waals surface area contributed by atoms with Gasteiger partial charge in [0.15, 0.2) is 0 Å². The van der Waals surface area contributed by atoms with E-state index in [9.17, 15) is 4.79 Å². The van der Waals surface area contributed by atoms with E-state index >= 15 is 0 Å². The minimum Gasteiger partial charge on any atom is -0.508 e. The highest BCUT2D eigenvalue weighted by Gasteiger charge is 2.14. The number of hydrogen-bond donors (Lipinski definition) is 1. The van der Waals surface area contributed by atoms with Gasteiger partial charge < -0.3 is 5.11 Å². The lowest BCUT2D eigenvalue weighted by Gasteiger charge is -2.13. The molecular weight excluding hydrogens is 408 g/mol. The van der Waals surface area contributed by atoms with Crippen molar-refractivity contribution in [1.29, 1.82) is 0 Å². The van der Waals surface area contributed by atoms with E-state index in [0.717, 1.165) is 5.56 Å². The fourth-order valence-corrected chi connectivity index (χ4v) is 1.63. The van der Waals surface area contributed by atoms with Gasteiger partial charge in [0.1, 0.15) is 11.8 Å². The molecule has 0 saturated carbocycles. The van der Waals surface area contributed by atoms with Crippen LogP contribution in [-0.4, -0.2) is 18.8 Å². The molecule has 1 rings (SSSR count). The molecule has 1 N–H and O–H groups in total. The summed E-state index contributed by atoms with van der Waals surface area (Å²) in [6.45, 7) is 0. The van der Waals surface area contributed by atoms with Crippen LogP contribution in [0.25, 0.3) is 0 Å². The monoisotopic (exact) mass is 416 g/mol. The first-order chi connectivity index (χ1) is 6.63. The number of rotatable bonds is 4. The van der Waals surface area contributed by atoms with Crippen molar-refractivity contribution in [2.75, 3.05) is 0 Å². The van der Waals surface area contributed by atoms with Gasteiger partial charge in [-0.2, -0.15) is 1.33 Å². The first-order valence-electron chi connectivity index (χ1n) is 3.90. The molecular formula is C9H8I2NO2. The zero-order valence-electron chi connectivity index (χ0n) is 7.15. The summed E-state index contributed by atoms with van der Waals surface area (Å²) in [7, 11) is 0. The van der Waals surface area contributed by atoms with Gasteiger partial charge in [-0.3, -0.25) is 4.79 Å².